The van der Waals surface area contributed by atoms with Gasteiger partial charge in [0.15, 0.2) is 0 Å². The Hall–Kier alpha value is -2.14. The van der Waals surface area contributed by atoms with Gasteiger partial charge in [-0.15, -0.1) is 0 Å². The van der Waals surface area contributed by atoms with E-state index in [9.17, 15) is 0 Å². The average Bonchev–Trinajstić information content (AvgIpc) is 2.90. The van der Waals surface area contributed by atoms with Crippen molar-refractivity contribution in [3.8, 4) is 11.4 Å². The maximum absolute atomic E-state index is 5.67. The fourth-order valence-corrected chi connectivity index (χ4v) is 2.72. The molecule has 0 spiro atoms. The van der Waals surface area contributed by atoms with E-state index in [1.807, 2.05) is 49.4 Å². The van der Waals surface area contributed by atoms with Crippen molar-refractivity contribution in [2.75, 3.05) is 5.73 Å². The van der Waals surface area contributed by atoms with Crippen LogP contribution in [0.2, 0.25) is 0 Å². The zero-order valence-corrected chi connectivity index (χ0v) is 13.1. The summed E-state index contributed by atoms with van der Waals surface area (Å²) >= 11 is 3.53. The lowest BCUT2D eigenvalue weighted by Crippen LogP contribution is -1.90. The molecule has 0 amide bonds. The number of nitrogen functional groups attached to an aromatic ring is 1. The van der Waals surface area contributed by atoms with Gasteiger partial charge in [0.1, 0.15) is 0 Å². The van der Waals surface area contributed by atoms with Crippen LogP contribution in [0.25, 0.3) is 11.4 Å². The van der Waals surface area contributed by atoms with Crippen LogP contribution >= 0.6 is 15.9 Å². The van der Waals surface area contributed by atoms with Crippen molar-refractivity contribution < 1.29 is 4.52 Å². The number of aryl methyl sites for hydroxylation is 1. The first kappa shape index (κ1) is 13.8. The molecule has 2 N–H and O–H groups in total. The van der Waals surface area contributed by atoms with E-state index in [-0.39, 0.29) is 0 Å². The highest BCUT2D eigenvalue weighted by Crippen LogP contribution is 2.27. The summed E-state index contributed by atoms with van der Waals surface area (Å²) in [6, 6.07) is 13.7. The van der Waals surface area contributed by atoms with Gasteiger partial charge < -0.3 is 10.3 Å². The van der Waals surface area contributed by atoms with Gasteiger partial charge in [0, 0.05) is 15.7 Å². The molecule has 21 heavy (non-hydrogen) atoms. The summed E-state index contributed by atoms with van der Waals surface area (Å²) in [7, 11) is 0. The van der Waals surface area contributed by atoms with Crippen LogP contribution in [-0.2, 0) is 6.42 Å². The molecule has 0 unspecified atom stereocenters. The third-order valence-electron chi connectivity index (χ3n) is 3.17. The summed E-state index contributed by atoms with van der Waals surface area (Å²) in [5.74, 6) is 1.18. The second-order valence-corrected chi connectivity index (χ2v) is 5.77. The van der Waals surface area contributed by atoms with E-state index in [1.54, 1.807) is 0 Å². The minimum atomic E-state index is 0.585. The molecule has 5 heteroatoms. The molecule has 0 fully saturated rings. The molecule has 0 atom stereocenters. The summed E-state index contributed by atoms with van der Waals surface area (Å²) < 4.78 is 6.29. The molecule has 0 bridgehead atoms. The molecule has 1 heterocycles. The van der Waals surface area contributed by atoms with Gasteiger partial charge in [-0.25, -0.2) is 0 Å². The number of hydrogen-bond acceptors (Lipinski definition) is 4. The number of rotatable bonds is 3. The number of nitrogens with zero attached hydrogens (tertiary/aromatic N) is 2. The van der Waals surface area contributed by atoms with Crippen molar-refractivity contribution in [2.24, 2.45) is 0 Å². The molecule has 106 valence electrons. The predicted octanol–water partition coefficient (Wildman–Crippen LogP) is 3.98. The van der Waals surface area contributed by atoms with Gasteiger partial charge in [0.25, 0.3) is 0 Å². The van der Waals surface area contributed by atoms with Crippen LogP contribution in [0.4, 0.5) is 5.69 Å². The van der Waals surface area contributed by atoms with Crippen LogP contribution < -0.4 is 5.73 Å². The Labute approximate surface area is 131 Å². The molecule has 4 nitrogen and oxygen atoms in total. The molecule has 0 aliphatic carbocycles. The quantitative estimate of drug-likeness (QED) is 0.730. The van der Waals surface area contributed by atoms with Crippen molar-refractivity contribution in [1.29, 1.82) is 0 Å². The van der Waals surface area contributed by atoms with Gasteiger partial charge in [0.2, 0.25) is 11.7 Å². The first-order chi connectivity index (χ1) is 10.1. The maximum Gasteiger partial charge on any atom is 0.231 e. The van der Waals surface area contributed by atoms with Crippen LogP contribution in [0.5, 0.6) is 0 Å². The molecular weight excluding hydrogens is 330 g/mol. The zero-order chi connectivity index (χ0) is 14.8. The van der Waals surface area contributed by atoms with E-state index in [4.69, 9.17) is 10.3 Å². The predicted molar refractivity (Wildman–Crippen MR) is 85.8 cm³/mol. The van der Waals surface area contributed by atoms with Gasteiger partial charge >= 0.3 is 0 Å². The van der Waals surface area contributed by atoms with Crippen LogP contribution in [0.15, 0.2) is 51.5 Å². The summed E-state index contributed by atoms with van der Waals surface area (Å²) in [6.07, 6.45) is 0.594. The molecule has 3 aromatic rings. The SMILES string of the molecule is Cc1ccc(-c2noc(Cc3ccc(N)cc3)n2)c(Br)c1. The first-order valence-electron chi connectivity index (χ1n) is 6.55. The van der Waals surface area contributed by atoms with Gasteiger partial charge in [-0.1, -0.05) is 39.3 Å². The van der Waals surface area contributed by atoms with Crippen LogP contribution in [-0.4, -0.2) is 10.1 Å². The van der Waals surface area contributed by atoms with Gasteiger partial charge in [-0.3, -0.25) is 0 Å². The lowest BCUT2D eigenvalue weighted by atomic mass is 10.1. The zero-order valence-electron chi connectivity index (χ0n) is 11.5. The normalized spacial score (nSPS) is 10.8. The lowest BCUT2D eigenvalue weighted by molar-refractivity contribution is 0.385. The minimum Gasteiger partial charge on any atom is -0.399 e. The van der Waals surface area contributed by atoms with E-state index in [2.05, 4.69) is 26.1 Å². The fourth-order valence-electron chi connectivity index (χ4n) is 2.05. The Kier molecular flexibility index (Phi) is 3.75. The summed E-state index contributed by atoms with van der Waals surface area (Å²) in [4.78, 5) is 4.45. The Balaban J connectivity index is 1.84. The molecular formula is C16H14BrN3O. The van der Waals surface area contributed by atoms with E-state index >= 15 is 0 Å². The van der Waals surface area contributed by atoms with Crippen molar-refractivity contribution in [2.45, 2.75) is 13.3 Å². The van der Waals surface area contributed by atoms with Gasteiger partial charge in [-0.2, -0.15) is 4.98 Å². The number of nitrogens with two attached hydrogens (primary N) is 1. The third-order valence-corrected chi connectivity index (χ3v) is 3.82. The second kappa shape index (κ2) is 5.69. The number of aromatic nitrogens is 2. The number of anilines is 1. The van der Waals surface area contributed by atoms with Crippen LogP contribution in [0.1, 0.15) is 17.0 Å². The maximum atomic E-state index is 5.67. The van der Waals surface area contributed by atoms with E-state index in [0.29, 0.717) is 18.1 Å². The van der Waals surface area contributed by atoms with Crippen molar-refractivity contribution in [3.63, 3.8) is 0 Å². The molecule has 0 aliphatic heterocycles. The largest absolute Gasteiger partial charge is 0.399 e. The molecule has 0 aliphatic rings. The summed E-state index contributed by atoms with van der Waals surface area (Å²) in [5, 5.41) is 4.05. The Morgan fingerprint density at radius 3 is 2.62 bits per heavy atom. The van der Waals surface area contributed by atoms with E-state index in [1.165, 1.54) is 5.56 Å². The summed E-state index contributed by atoms with van der Waals surface area (Å²) in [6.45, 7) is 2.04. The fraction of sp³-hybridized carbons (Fsp3) is 0.125. The number of benzene rings is 2. The Morgan fingerprint density at radius 2 is 1.90 bits per heavy atom. The average molecular weight is 344 g/mol. The second-order valence-electron chi connectivity index (χ2n) is 4.91. The number of hydrogen-bond donors (Lipinski definition) is 1. The molecule has 1 aromatic heterocycles. The lowest BCUT2D eigenvalue weighted by Gasteiger charge is -2.00. The van der Waals surface area contributed by atoms with Gasteiger partial charge in [-0.05, 0) is 42.3 Å². The highest BCUT2D eigenvalue weighted by molar-refractivity contribution is 9.10. The first-order valence-corrected chi connectivity index (χ1v) is 7.34. The number of halogens is 1. The minimum absolute atomic E-state index is 0.585. The molecule has 0 radical (unpaired) electrons. The third kappa shape index (κ3) is 3.13. The Bertz CT molecular complexity index is 765. The van der Waals surface area contributed by atoms with Crippen molar-refractivity contribution in [1.82, 2.24) is 10.1 Å². The highest BCUT2D eigenvalue weighted by Gasteiger charge is 2.12. The highest BCUT2D eigenvalue weighted by atomic mass is 79.9. The molecule has 3 rings (SSSR count). The molecule has 0 saturated heterocycles. The molecule has 0 saturated carbocycles. The Morgan fingerprint density at radius 1 is 1.14 bits per heavy atom. The topological polar surface area (TPSA) is 64.9 Å². The van der Waals surface area contributed by atoms with Crippen molar-refractivity contribution in [3.05, 3.63) is 64.0 Å². The van der Waals surface area contributed by atoms with Crippen molar-refractivity contribution >= 4 is 21.6 Å². The smallest absolute Gasteiger partial charge is 0.231 e. The van der Waals surface area contributed by atoms with Crippen LogP contribution in [0, 0.1) is 6.92 Å². The standard InChI is InChI=1S/C16H14BrN3O/c1-10-2-7-13(14(17)8-10)16-19-15(21-20-16)9-11-3-5-12(18)6-4-11/h2-8H,9,18H2,1H3. The molecule has 2 aromatic carbocycles. The summed E-state index contributed by atoms with van der Waals surface area (Å²) in [5.41, 5.74) is 9.60. The van der Waals surface area contributed by atoms with E-state index in [0.717, 1.165) is 21.3 Å². The monoisotopic (exact) mass is 343 g/mol. The van der Waals surface area contributed by atoms with Gasteiger partial charge in [0.05, 0.1) is 6.42 Å². The van der Waals surface area contributed by atoms with E-state index < -0.39 is 0 Å². The van der Waals surface area contributed by atoms with Crippen LogP contribution in [0.3, 0.4) is 0 Å².